The Morgan fingerprint density at radius 3 is 2.26 bits per heavy atom. The molecule has 12 heteroatoms. The predicted octanol–water partition coefficient (Wildman–Crippen LogP) is 1.96. The Morgan fingerprint density at radius 1 is 1.04 bits per heavy atom. The van der Waals surface area contributed by atoms with Crippen LogP contribution < -0.4 is 15.4 Å². The van der Waals surface area contributed by atoms with Crippen LogP contribution in [0.5, 0.6) is 0 Å². The van der Waals surface area contributed by atoms with Gasteiger partial charge in [0.1, 0.15) is 10.8 Å². The van der Waals surface area contributed by atoms with Crippen molar-refractivity contribution in [3.05, 3.63) is 47.3 Å². The van der Waals surface area contributed by atoms with Crippen molar-refractivity contribution in [2.24, 2.45) is 0 Å². The van der Waals surface area contributed by atoms with Crippen LogP contribution in [-0.2, 0) is 14.8 Å². The van der Waals surface area contributed by atoms with Gasteiger partial charge in [-0.05, 0) is 35.7 Å². The van der Waals surface area contributed by atoms with E-state index in [4.69, 9.17) is 0 Å². The van der Waals surface area contributed by atoms with E-state index in [-0.39, 0.29) is 15.5 Å². The maximum atomic E-state index is 12.1. The SMILES string of the molecule is O=C(CNC(=O)c1ccc(NS(=O)(=O)c2cccs2)cc1)NCC(F)(F)F. The van der Waals surface area contributed by atoms with E-state index in [9.17, 15) is 31.2 Å². The first-order valence-electron chi connectivity index (χ1n) is 7.35. The van der Waals surface area contributed by atoms with E-state index >= 15 is 0 Å². The highest BCUT2D eigenvalue weighted by Crippen LogP contribution is 2.20. The van der Waals surface area contributed by atoms with Gasteiger partial charge < -0.3 is 10.6 Å². The van der Waals surface area contributed by atoms with E-state index in [1.165, 1.54) is 30.3 Å². The van der Waals surface area contributed by atoms with Gasteiger partial charge in [-0.1, -0.05) is 6.07 Å². The van der Waals surface area contributed by atoms with Gasteiger partial charge in [0.15, 0.2) is 0 Å². The molecule has 1 aromatic carbocycles. The number of carbonyl (C=O) groups is 2. The molecule has 2 amide bonds. The van der Waals surface area contributed by atoms with E-state index in [2.05, 4.69) is 10.0 Å². The van der Waals surface area contributed by atoms with Gasteiger partial charge in [-0.2, -0.15) is 13.2 Å². The first-order valence-corrected chi connectivity index (χ1v) is 9.71. The smallest absolute Gasteiger partial charge is 0.345 e. The van der Waals surface area contributed by atoms with Crippen molar-refractivity contribution in [1.29, 1.82) is 0 Å². The average molecular weight is 421 g/mol. The monoisotopic (exact) mass is 421 g/mol. The summed E-state index contributed by atoms with van der Waals surface area (Å²) in [6, 6.07) is 8.37. The van der Waals surface area contributed by atoms with E-state index in [1.54, 1.807) is 16.8 Å². The van der Waals surface area contributed by atoms with Crippen molar-refractivity contribution in [1.82, 2.24) is 10.6 Å². The Labute approximate surface area is 156 Å². The fourth-order valence-electron chi connectivity index (χ4n) is 1.84. The molecule has 3 N–H and O–H groups in total. The lowest BCUT2D eigenvalue weighted by Crippen LogP contribution is -2.40. The minimum Gasteiger partial charge on any atom is -0.345 e. The summed E-state index contributed by atoms with van der Waals surface area (Å²) in [7, 11) is -3.72. The second-order valence-corrected chi connectivity index (χ2v) is 8.05. The number of amides is 2. The number of nitrogens with one attached hydrogen (secondary N) is 3. The summed E-state index contributed by atoms with van der Waals surface area (Å²) in [5.41, 5.74) is 0.334. The largest absolute Gasteiger partial charge is 0.405 e. The molecule has 0 aliphatic carbocycles. The molecule has 146 valence electrons. The minimum absolute atomic E-state index is 0.109. The molecule has 2 aromatic rings. The summed E-state index contributed by atoms with van der Waals surface area (Å²) < 4.78 is 62.6. The zero-order valence-corrected chi connectivity index (χ0v) is 15.2. The molecule has 0 spiro atoms. The van der Waals surface area contributed by atoms with Gasteiger partial charge in [-0.25, -0.2) is 8.42 Å². The van der Waals surface area contributed by atoms with Crippen molar-refractivity contribution < 1.29 is 31.2 Å². The van der Waals surface area contributed by atoms with E-state index in [1.807, 2.05) is 0 Å². The van der Waals surface area contributed by atoms with Gasteiger partial charge in [0.25, 0.3) is 15.9 Å². The number of halogens is 3. The number of hydrogen-bond donors (Lipinski definition) is 3. The predicted molar refractivity (Wildman–Crippen MR) is 93.0 cm³/mol. The summed E-state index contributed by atoms with van der Waals surface area (Å²) in [5.74, 6) is -1.68. The van der Waals surface area contributed by atoms with Crippen molar-refractivity contribution in [2.75, 3.05) is 17.8 Å². The second-order valence-electron chi connectivity index (χ2n) is 5.19. The third-order valence-corrected chi connectivity index (χ3v) is 5.83. The lowest BCUT2D eigenvalue weighted by atomic mass is 10.2. The molecule has 0 saturated heterocycles. The van der Waals surface area contributed by atoms with Crippen LogP contribution in [0.3, 0.4) is 0 Å². The van der Waals surface area contributed by atoms with Crippen LogP contribution in [0.1, 0.15) is 10.4 Å². The highest BCUT2D eigenvalue weighted by atomic mass is 32.2. The minimum atomic E-state index is -4.54. The van der Waals surface area contributed by atoms with Gasteiger partial charge >= 0.3 is 6.18 Å². The Morgan fingerprint density at radius 2 is 1.70 bits per heavy atom. The Hall–Kier alpha value is -2.60. The second kappa shape index (κ2) is 8.39. The number of sulfonamides is 1. The van der Waals surface area contributed by atoms with Gasteiger partial charge in [-0.15, -0.1) is 11.3 Å². The number of thiophene rings is 1. The van der Waals surface area contributed by atoms with E-state index in [0.29, 0.717) is 0 Å². The lowest BCUT2D eigenvalue weighted by molar-refractivity contribution is -0.137. The van der Waals surface area contributed by atoms with Crippen LogP contribution in [0.15, 0.2) is 46.0 Å². The number of anilines is 1. The van der Waals surface area contributed by atoms with Gasteiger partial charge in [0.2, 0.25) is 5.91 Å². The molecule has 7 nitrogen and oxygen atoms in total. The van der Waals surface area contributed by atoms with E-state index < -0.39 is 41.1 Å². The maximum absolute atomic E-state index is 12.1. The summed E-state index contributed by atoms with van der Waals surface area (Å²) in [4.78, 5) is 23.1. The molecule has 0 radical (unpaired) electrons. The van der Waals surface area contributed by atoms with Crippen molar-refractivity contribution in [2.45, 2.75) is 10.4 Å². The molecule has 0 saturated carbocycles. The normalized spacial score (nSPS) is 11.7. The van der Waals surface area contributed by atoms with Crippen LogP contribution in [0, 0.1) is 0 Å². The number of carbonyl (C=O) groups excluding carboxylic acids is 2. The van der Waals surface area contributed by atoms with Crippen molar-refractivity contribution in [3.63, 3.8) is 0 Å². The summed E-state index contributed by atoms with van der Waals surface area (Å²) in [5, 5.41) is 5.41. The molecule has 1 aromatic heterocycles. The molecule has 2 rings (SSSR count). The zero-order chi connectivity index (χ0) is 20.1. The van der Waals surface area contributed by atoms with Crippen molar-refractivity contribution in [3.8, 4) is 0 Å². The summed E-state index contributed by atoms with van der Waals surface area (Å²) >= 11 is 1.05. The quantitative estimate of drug-likeness (QED) is 0.636. The third-order valence-electron chi connectivity index (χ3n) is 3.05. The lowest BCUT2D eigenvalue weighted by Gasteiger charge is -2.10. The van der Waals surface area contributed by atoms with Crippen LogP contribution in [0.25, 0.3) is 0 Å². The van der Waals surface area contributed by atoms with Crippen LogP contribution in [0.4, 0.5) is 18.9 Å². The average Bonchev–Trinajstić information content (AvgIpc) is 3.13. The molecule has 0 fully saturated rings. The van der Waals surface area contributed by atoms with Gasteiger partial charge in [0, 0.05) is 11.3 Å². The first-order chi connectivity index (χ1) is 12.6. The number of alkyl halides is 3. The number of hydrogen-bond acceptors (Lipinski definition) is 5. The summed E-state index contributed by atoms with van der Waals surface area (Å²) in [6.45, 7) is -2.11. The number of benzene rings is 1. The molecule has 1 heterocycles. The molecule has 0 unspecified atom stereocenters. The fraction of sp³-hybridized carbons (Fsp3) is 0.200. The Kier molecular flexibility index (Phi) is 6.44. The molecule has 0 aliphatic heterocycles. The Bertz CT molecular complexity index is 895. The zero-order valence-electron chi connectivity index (χ0n) is 13.5. The molecule has 27 heavy (non-hydrogen) atoms. The van der Waals surface area contributed by atoms with Crippen LogP contribution in [-0.4, -0.2) is 39.5 Å². The van der Waals surface area contributed by atoms with Crippen molar-refractivity contribution >= 4 is 38.9 Å². The van der Waals surface area contributed by atoms with Gasteiger partial charge in [0.05, 0.1) is 6.54 Å². The third kappa shape index (κ3) is 6.57. The van der Waals surface area contributed by atoms with Crippen LogP contribution in [0.2, 0.25) is 0 Å². The molecular weight excluding hydrogens is 407 g/mol. The molecule has 0 bridgehead atoms. The topological polar surface area (TPSA) is 104 Å². The van der Waals surface area contributed by atoms with Gasteiger partial charge in [-0.3, -0.25) is 14.3 Å². The van der Waals surface area contributed by atoms with E-state index in [0.717, 1.165) is 11.3 Å². The fourth-order valence-corrected chi connectivity index (χ4v) is 3.89. The highest BCUT2D eigenvalue weighted by molar-refractivity contribution is 7.94. The molecular formula is C15H14F3N3O4S2. The standard InChI is InChI=1S/C15H14F3N3O4S2/c16-15(17,18)9-20-12(22)8-19-14(23)10-3-5-11(6-4-10)21-27(24,25)13-2-1-7-26-13/h1-7,21H,8-9H2,(H,19,23)(H,20,22). The molecule has 0 aliphatic rings. The summed E-state index contributed by atoms with van der Waals surface area (Å²) in [6.07, 6.45) is -4.54. The highest BCUT2D eigenvalue weighted by Gasteiger charge is 2.27. The Balaban J connectivity index is 1.89. The van der Waals surface area contributed by atoms with Crippen LogP contribution >= 0.6 is 11.3 Å². The first kappa shape index (κ1) is 20.7. The number of rotatable bonds is 7. The maximum Gasteiger partial charge on any atom is 0.405 e. The molecule has 0 atom stereocenters.